The molecule has 1 aromatic carbocycles. The number of aromatic nitrogens is 2. The number of rotatable bonds is 1. The first-order chi connectivity index (χ1) is 10.1. The van der Waals surface area contributed by atoms with Crippen LogP contribution in [0.5, 0.6) is 0 Å². The summed E-state index contributed by atoms with van der Waals surface area (Å²) in [5.74, 6) is -0.188. The first kappa shape index (κ1) is 13.9. The molecule has 21 heavy (non-hydrogen) atoms. The van der Waals surface area contributed by atoms with E-state index in [1.807, 2.05) is 40.0 Å². The molecule has 6 heteroatoms. The number of imidazole rings is 1. The number of aryl methyl sites for hydroxylation is 1. The minimum atomic E-state index is -0.188. The molecule has 1 N–H and O–H groups in total. The van der Waals surface area contributed by atoms with E-state index < -0.39 is 0 Å². The van der Waals surface area contributed by atoms with Crippen LogP contribution in [0.3, 0.4) is 0 Å². The van der Waals surface area contributed by atoms with Crippen molar-refractivity contribution in [2.45, 2.75) is 25.3 Å². The highest BCUT2D eigenvalue weighted by atomic mass is 127. The number of nitrogens with one attached hydrogen (secondary N) is 1. The molecule has 108 valence electrons. The Balaban J connectivity index is 1.98. The van der Waals surface area contributed by atoms with Crippen LogP contribution in [0.25, 0.3) is 11.0 Å². The Labute approximate surface area is 144 Å². The Kier molecular flexibility index (Phi) is 3.42. The summed E-state index contributed by atoms with van der Waals surface area (Å²) in [5, 5.41) is 2.14. The van der Waals surface area contributed by atoms with Gasteiger partial charge in [-0.1, -0.05) is 0 Å². The molecular formula is C15H12FIN2S2. The van der Waals surface area contributed by atoms with Crippen molar-refractivity contribution in [1.29, 1.82) is 0 Å². The van der Waals surface area contributed by atoms with Crippen molar-refractivity contribution in [3.05, 3.63) is 48.2 Å². The van der Waals surface area contributed by atoms with Gasteiger partial charge >= 0.3 is 0 Å². The van der Waals surface area contributed by atoms with Crippen LogP contribution in [0.15, 0.2) is 23.6 Å². The molecule has 0 saturated heterocycles. The largest absolute Gasteiger partial charge is 0.331 e. The molecule has 0 aliphatic heterocycles. The number of hydrogen-bond donors (Lipinski definition) is 1. The molecule has 1 atom stereocenters. The average molecular weight is 430 g/mol. The van der Waals surface area contributed by atoms with Crippen LogP contribution in [0.1, 0.15) is 29.3 Å². The quantitative estimate of drug-likeness (QED) is 0.404. The molecule has 2 aromatic heterocycles. The lowest BCUT2D eigenvalue weighted by Crippen LogP contribution is -2.15. The third-order valence-electron chi connectivity index (χ3n) is 4.09. The lowest BCUT2D eigenvalue weighted by Gasteiger charge is -2.24. The molecule has 0 bridgehead atoms. The maximum Gasteiger partial charge on any atom is 0.178 e. The third-order valence-corrected chi connectivity index (χ3v) is 6.21. The fraction of sp³-hybridized carbons (Fsp3) is 0.267. The van der Waals surface area contributed by atoms with Gasteiger partial charge in [0.2, 0.25) is 0 Å². The van der Waals surface area contributed by atoms with Crippen molar-refractivity contribution in [2.24, 2.45) is 0 Å². The number of thiophene rings is 1. The Morgan fingerprint density at radius 2 is 2.29 bits per heavy atom. The van der Waals surface area contributed by atoms with Crippen LogP contribution >= 0.6 is 46.1 Å². The number of aromatic amines is 1. The van der Waals surface area contributed by atoms with Crippen molar-refractivity contribution in [1.82, 2.24) is 9.55 Å². The smallest absolute Gasteiger partial charge is 0.178 e. The van der Waals surface area contributed by atoms with Crippen LogP contribution in [-0.4, -0.2) is 9.55 Å². The summed E-state index contributed by atoms with van der Waals surface area (Å²) in [6, 6.07) is 5.84. The van der Waals surface area contributed by atoms with E-state index in [9.17, 15) is 4.39 Å². The van der Waals surface area contributed by atoms with Crippen molar-refractivity contribution in [3.8, 4) is 0 Å². The molecule has 0 spiro atoms. The van der Waals surface area contributed by atoms with E-state index in [0.29, 0.717) is 8.34 Å². The Morgan fingerprint density at radius 3 is 3.14 bits per heavy atom. The van der Waals surface area contributed by atoms with E-state index in [0.717, 1.165) is 30.3 Å². The monoisotopic (exact) mass is 430 g/mol. The van der Waals surface area contributed by atoms with Crippen molar-refractivity contribution < 1.29 is 4.39 Å². The third kappa shape index (κ3) is 2.19. The van der Waals surface area contributed by atoms with Gasteiger partial charge in [-0.15, -0.1) is 11.3 Å². The summed E-state index contributed by atoms with van der Waals surface area (Å²) < 4.78 is 17.4. The number of hydrogen-bond acceptors (Lipinski definition) is 2. The molecular weight excluding hydrogens is 418 g/mol. The average Bonchev–Trinajstić information content (AvgIpc) is 3.03. The fourth-order valence-corrected chi connectivity index (χ4v) is 4.94. The first-order valence-corrected chi connectivity index (χ1v) is 9.17. The van der Waals surface area contributed by atoms with E-state index >= 15 is 0 Å². The Hall–Kier alpha value is -0.730. The van der Waals surface area contributed by atoms with Gasteiger partial charge in [0.25, 0.3) is 0 Å². The standard InChI is InChI=1S/C15H12FIN2S2/c16-9-6-13-11(7-10(9)17)18-15(20)19(13)12-2-1-3-14-8(12)4-5-21-14/h4-7,12H,1-3H2,(H,18,20). The number of nitrogens with zero attached hydrogens (tertiary/aromatic N) is 1. The van der Waals surface area contributed by atoms with Gasteiger partial charge in [0.05, 0.1) is 20.6 Å². The second-order valence-corrected chi connectivity index (χ2v) is 7.84. The molecule has 3 aromatic rings. The molecule has 2 nitrogen and oxygen atoms in total. The van der Waals surface area contributed by atoms with Gasteiger partial charge in [0.15, 0.2) is 4.77 Å². The highest BCUT2D eigenvalue weighted by molar-refractivity contribution is 14.1. The topological polar surface area (TPSA) is 20.7 Å². The van der Waals surface area contributed by atoms with Gasteiger partial charge in [0, 0.05) is 10.9 Å². The van der Waals surface area contributed by atoms with E-state index in [4.69, 9.17) is 12.2 Å². The molecule has 1 aliphatic carbocycles. The summed E-state index contributed by atoms with van der Waals surface area (Å²) in [4.78, 5) is 4.66. The zero-order chi connectivity index (χ0) is 14.6. The van der Waals surface area contributed by atoms with Gasteiger partial charge in [-0.05, 0) is 77.1 Å². The fourth-order valence-electron chi connectivity index (χ4n) is 3.16. The van der Waals surface area contributed by atoms with Crippen molar-refractivity contribution >= 4 is 57.2 Å². The second-order valence-electron chi connectivity index (χ2n) is 5.29. The minimum Gasteiger partial charge on any atom is -0.331 e. The van der Waals surface area contributed by atoms with Gasteiger partial charge in [-0.25, -0.2) is 4.39 Å². The predicted octanol–water partition coefficient (Wildman–Crippen LogP) is 5.43. The first-order valence-electron chi connectivity index (χ1n) is 6.80. The molecule has 0 fully saturated rings. The summed E-state index contributed by atoms with van der Waals surface area (Å²) >= 11 is 9.33. The van der Waals surface area contributed by atoms with Crippen LogP contribution in [-0.2, 0) is 6.42 Å². The molecule has 1 aliphatic rings. The number of fused-ring (bicyclic) bond motifs is 2. The normalized spacial score (nSPS) is 18.1. The Bertz CT molecular complexity index is 893. The van der Waals surface area contributed by atoms with E-state index in [1.54, 1.807) is 6.07 Å². The van der Waals surface area contributed by atoms with Crippen LogP contribution in [0, 0.1) is 14.2 Å². The van der Waals surface area contributed by atoms with E-state index in [2.05, 4.69) is 21.0 Å². The van der Waals surface area contributed by atoms with Gasteiger partial charge < -0.3 is 9.55 Å². The maximum absolute atomic E-state index is 14.0. The van der Waals surface area contributed by atoms with Crippen molar-refractivity contribution in [3.63, 3.8) is 0 Å². The predicted molar refractivity (Wildman–Crippen MR) is 95.2 cm³/mol. The Morgan fingerprint density at radius 1 is 1.43 bits per heavy atom. The van der Waals surface area contributed by atoms with Crippen LogP contribution in [0.4, 0.5) is 4.39 Å². The lowest BCUT2D eigenvalue weighted by atomic mass is 9.94. The number of halogens is 2. The highest BCUT2D eigenvalue weighted by Gasteiger charge is 2.25. The molecule has 0 radical (unpaired) electrons. The molecule has 4 rings (SSSR count). The number of benzene rings is 1. The lowest BCUT2D eigenvalue weighted by molar-refractivity contribution is 0.500. The van der Waals surface area contributed by atoms with Gasteiger partial charge in [-0.3, -0.25) is 0 Å². The second kappa shape index (κ2) is 5.17. The van der Waals surface area contributed by atoms with Gasteiger partial charge in [-0.2, -0.15) is 0 Å². The zero-order valence-corrected chi connectivity index (χ0v) is 14.8. The molecule has 2 heterocycles. The van der Waals surface area contributed by atoms with E-state index in [-0.39, 0.29) is 11.9 Å². The van der Waals surface area contributed by atoms with Gasteiger partial charge in [0.1, 0.15) is 5.82 Å². The van der Waals surface area contributed by atoms with E-state index in [1.165, 1.54) is 10.4 Å². The minimum absolute atomic E-state index is 0.188. The molecule has 0 saturated carbocycles. The zero-order valence-electron chi connectivity index (χ0n) is 11.0. The maximum atomic E-state index is 14.0. The summed E-state index contributed by atoms with van der Waals surface area (Å²) in [6.45, 7) is 0. The summed E-state index contributed by atoms with van der Waals surface area (Å²) in [5.41, 5.74) is 3.12. The van der Waals surface area contributed by atoms with Crippen LogP contribution < -0.4 is 0 Å². The van der Waals surface area contributed by atoms with Crippen molar-refractivity contribution in [2.75, 3.05) is 0 Å². The highest BCUT2D eigenvalue weighted by Crippen LogP contribution is 2.38. The summed E-state index contributed by atoms with van der Waals surface area (Å²) in [7, 11) is 0. The summed E-state index contributed by atoms with van der Waals surface area (Å²) in [6.07, 6.45) is 3.35. The SMILES string of the molecule is Fc1cc2c(cc1I)[nH]c(=S)n2C1CCCc2sccc21. The number of H-pyrrole nitrogens is 1. The van der Waals surface area contributed by atoms with Crippen LogP contribution in [0.2, 0.25) is 0 Å². The molecule has 0 amide bonds. The molecule has 1 unspecified atom stereocenters.